The Morgan fingerprint density at radius 2 is 1.75 bits per heavy atom. The summed E-state index contributed by atoms with van der Waals surface area (Å²) in [7, 11) is 0. The molecule has 5 nitrogen and oxygen atoms in total. The van der Waals surface area contributed by atoms with E-state index in [-0.39, 0.29) is 39.3 Å². The number of alkyl halides is 6. The fourth-order valence-electron chi connectivity index (χ4n) is 4.20. The summed E-state index contributed by atoms with van der Waals surface area (Å²) >= 11 is 0.744. The molecule has 0 N–H and O–H groups in total. The molecule has 0 aromatic carbocycles. The fraction of sp³-hybridized carbons (Fsp3) is 0.600. The molecule has 0 radical (unpaired) electrons. The van der Waals surface area contributed by atoms with Crippen LogP contribution in [0, 0.1) is 5.41 Å². The highest BCUT2D eigenvalue weighted by Gasteiger charge is 2.55. The van der Waals surface area contributed by atoms with Crippen molar-refractivity contribution in [3.63, 3.8) is 0 Å². The second-order valence-electron chi connectivity index (χ2n) is 9.43. The Morgan fingerprint density at radius 3 is 2.28 bits per heavy atom. The van der Waals surface area contributed by atoms with Crippen molar-refractivity contribution in [2.75, 3.05) is 31.1 Å². The predicted molar refractivity (Wildman–Crippen MR) is 107 cm³/mol. The van der Waals surface area contributed by atoms with Gasteiger partial charge >= 0.3 is 18.4 Å². The third kappa shape index (κ3) is 4.46. The Hall–Kier alpha value is -2.24. The number of halogens is 6. The number of thiophene rings is 1. The molecule has 2 fully saturated rings. The first kappa shape index (κ1) is 22.9. The van der Waals surface area contributed by atoms with Gasteiger partial charge in [0.2, 0.25) is 0 Å². The van der Waals surface area contributed by atoms with E-state index in [2.05, 4.69) is 4.98 Å². The van der Waals surface area contributed by atoms with Crippen LogP contribution < -0.4 is 4.90 Å². The second-order valence-corrected chi connectivity index (χ2v) is 10.5. The Bertz CT molecular complexity index is 1040. The number of fused-ring (bicyclic) bond motifs is 1. The maximum Gasteiger partial charge on any atom is 0.419 e. The molecule has 0 bridgehead atoms. The lowest BCUT2D eigenvalue weighted by atomic mass is 9.72. The summed E-state index contributed by atoms with van der Waals surface area (Å²) in [6.07, 6.45) is -10.2. The molecule has 1 spiro atoms. The van der Waals surface area contributed by atoms with Crippen LogP contribution in [0.2, 0.25) is 0 Å². The monoisotopic (exact) mass is 481 g/mol. The van der Waals surface area contributed by atoms with E-state index in [1.807, 2.05) is 0 Å². The third-order valence-electron chi connectivity index (χ3n) is 5.34. The molecule has 2 aromatic heterocycles. The van der Waals surface area contributed by atoms with Crippen LogP contribution in [0.4, 0.5) is 36.8 Å². The van der Waals surface area contributed by atoms with Gasteiger partial charge in [-0.3, -0.25) is 0 Å². The topological polar surface area (TPSA) is 45.7 Å². The van der Waals surface area contributed by atoms with E-state index in [1.165, 1.54) is 9.80 Å². The quantitative estimate of drug-likeness (QED) is 0.534. The number of amides is 1. The first-order valence-electron chi connectivity index (χ1n) is 9.84. The number of carbonyl (C=O) groups excluding carboxylic acids is 1. The van der Waals surface area contributed by atoms with Crippen LogP contribution in [0.25, 0.3) is 10.2 Å². The predicted octanol–water partition coefficient (Wildman–Crippen LogP) is 5.48. The van der Waals surface area contributed by atoms with E-state index < -0.39 is 36.0 Å². The zero-order valence-corrected chi connectivity index (χ0v) is 18.3. The summed E-state index contributed by atoms with van der Waals surface area (Å²) in [4.78, 5) is 19.0. The minimum absolute atomic E-state index is 0.0715. The molecule has 2 aliphatic rings. The number of aromatic nitrogens is 1. The Labute approximate surface area is 183 Å². The van der Waals surface area contributed by atoms with Crippen molar-refractivity contribution in [3.05, 3.63) is 22.7 Å². The maximum absolute atomic E-state index is 13.7. The average molecular weight is 481 g/mol. The van der Waals surface area contributed by atoms with Gasteiger partial charge in [0.05, 0.1) is 17.7 Å². The van der Waals surface area contributed by atoms with Crippen LogP contribution in [-0.2, 0) is 17.3 Å². The van der Waals surface area contributed by atoms with Crippen molar-refractivity contribution in [3.8, 4) is 0 Å². The lowest BCUT2D eigenvalue weighted by molar-refractivity contribution is -0.137. The summed E-state index contributed by atoms with van der Waals surface area (Å²) in [5.41, 5.74) is -2.11. The number of nitrogens with zero attached hydrogens (tertiary/aromatic N) is 3. The molecule has 0 atom stereocenters. The van der Waals surface area contributed by atoms with Crippen molar-refractivity contribution in [1.29, 1.82) is 0 Å². The van der Waals surface area contributed by atoms with Crippen molar-refractivity contribution < 1.29 is 35.9 Å². The lowest BCUT2D eigenvalue weighted by Crippen LogP contribution is -2.73. The highest BCUT2D eigenvalue weighted by Crippen LogP contribution is 2.49. The zero-order chi connectivity index (χ0) is 23.7. The van der Waals surface area contributed by atoms with E-state index >= 15 is 0 Å². The van der Waals surface area contributed by atoms with Gasteiger partial charge in [-0.05, 0) is 26.8 Å². The number of likely N-dealkylation sites (tertiary alicyclic amines) is 1. The number of carbonyl (C=O) groups is 1. The summed E-state index contributed by atoms with van der Waals surface area (Å²) in [5.74, 6) is 0. The first-order chi connectivity index (χ1) is 14.6. The molecule has 4 heterocycles. The van der Waals surface area contributed by atoms with Crippen LogP contribution in [-0.4, -0.2) is 53.9 Å². The molecule has 0 saturated carbocycles. The summed E-state index contributed by atoms with van der Waals surface area (Å²) in [6.45, 7) is 6.47. The van der Waals surface area contributed by atoms with Gasteiger partial charge in [-0.1, -0.05) is 0 Å². The minimum atomic E-state index is -4.70. The molecule has 4 rings (SSSR count). The minimum Gasteiger partial charge on any atom is -0.444 e. The van der Waals surface area contributed by atoms with Gasteiger partial charge in [-0.2, -0.15) is 26.3 Å². The SMILES string of the molecule is CC(C)(C)OC(=O)N1CC2(C1)CN(c1c(C(F)(F)F)cnc3sc(CC(F)(F)F)cc13)C2. The van der Waals surface area contributed by atoms with E-state index in [0.29, 0.717) is 19.3 Å². The van der Waals surface area contributed by atoms with Crippen molar-refractivity contribution in [1.82, 2.24) is 9.88 Å². The first-order valence-corrected chi connectivity index (χ1v) is 10.7. The largest absolute Gasteiger partial charge is 0.444 e. The third-order valence-corrected chi connectivity index (χ3v) is 6.38. The zero-order valence-electron chi connectivity index (χ0n) is 17.5. The standard InChI is InChI=1S/C20H21F6N3O2S/c1-17(2,3)31-16(30)29-9-18(10-29)7-28(8-18)14-12-4-11(5-19(21,22)23)32-15(12)27-6-13(14)20(24,25)26/h4,6H,5,7-10H2,1-3H3. The van der Waals surface area contributed by atoms with Gasteiger partial charge in [0, 0.05) is 48.1 Å². The van der Waals surface area contributed by atoms with Crippen LogP contribution in [0.3, 0.4) is 0 Å². The van der Waals surface area contributed by atoms with Crippen LogP contribution in [0.15, 0.2) is 12.3 Å². The van der Waals surface area contributed by atoms with Gasteiger partial charge in [0.25, 0.3) is 0 Å². The molecule has 0 aliphatic carbocycles. The fourth-order valence-corrected chi connectivity index (χ4v) is 5.23. The van der Waals surface area contributed by atoms with Crippen LogP contribution in [0.1, 0.15) is 31.2 Å². The number of pyridine rings is 1. The molecule has 2 aliphatic heterocycles. The van der Waals surface area contributed by atoms with Gasteiger partial charge in [-0.15, -0.1) is 11.3 Å². The summed E-state index contributed by atoms with van der Waals surface area (Å²) < 4.78 is 84.7. The van der Waals surface area contributed by atoms with Gasteiger partial charge in [0.15, 0.2) is 0 Å². The Balaban J connectivity index is 1.56. The van der Waals surface area contributed by atoms with Crippen molar-refractivity contribution in [2.24, 2.45) is 5.41 Å². The van der Waals surface area contributed by atoms with E-state index in [9.17, 15) is 31.1 Å². The molecule has 32 heavy (non-hydrogen) atoms. The summed E-state index contributed by atoms with van der Waals surface area (Å²) in [6, 6.07) is 1.16. The molecule has 2 aromatic rings. The van der Waals surface area contributed by atoms with Crippen LogP contribution >= 0.6 is 11.3 Å². The highest BCUT2D eigenvalue weighted by molar-refractivity contribution is 7.18. The molecule has 176 valence electrons. The Morgan fingerprint density at radius 1 is 1.12 bits per heavy atom. The summed E-state index contributed by atoms with van der Waals surface area (Å²) in [5, 5.41) is 0.0715. The smallest absolute Gasteiger partial charge is 0.419 e. The van der Waals surface area contributed by atoms with Gasteiger partial charge in [-0.25, -0.2) is 9.78 Å². The molecule has 2 saturated heterocycles. The van der Waals surface area contributed by atoms with E-state index in [1.54, 1.807) is 20.8 Å². The van der Waals surface area contributed by atoms with Crippen molar-refractivity contribution in [2.45, 2.75) is 45.1 Å². The van der Waals surface area contributed by atoms with Gasteiger partial charge in [0.1, 0.15) is 10.4 Å². The number of hydrogen-bond donors (Lipinski definition) is 0. The van der Waals surface area contributed by atoms with Crippen molar-refractivity contribution >= 4 is 33.3 Å². The average Bonchev–Trinajstić information content (AvgIpc) is 2.89. The molecular weight excluding hydrogens is 460 g/mol. The van der Waals surface area contributed by atoms with Crippen LogP contribution in [0.5, 0.6) is 0 Å². The number of anilines is 1. The van der Waals surface area contributed by atoms with E-state index in [0.717, 1.165) is 17.4 Å². The normalized spacial score (nSPS) is 18.7. The molecule has 0 unspecified atom stereocenters. The highest BCUT2D eigenvalue weighted by atomic mass is 32.1. The van der Waals surface area contributed by atoms with Gasteiger partial charge < -0.3 is 14.5 Å². The molecule has 12 heteroatoms. The number of rotatable bonds is 2. The lowest BCUT2D eigenvalue weighted by Gasteiger charge is -2.60. The maximum atomic E-state index is 13.7. The second kappa shape index (κ2) is 7.13. The molecular formula is C20H21F6N3O2S. The Kier molecular flexibility index (Phi) is 5.11. The number of hydrogen-bond acceptors (Lipinski definition) is 5. The van der Waals surface area contributed by atoms with E-state index in [4.69, 9.17) is 4.74 Å². The molecule has 1 amide bonds. The number of ether oxygens (including phenoxy) is 1.